The summed E-state index contributed by atoms with van der Waals surface area (Å²) in [6.07, 6.45) is 0. The zero-order valence-electron chi connectivity index (χ0n) is 50.6. The highest BCUT2D eigenvalue weighted by Gasteiger charge is 2.26. The van der Waals surface area contributed by atoms with Crippen molar-refractivity contribution in [2.45, 2.75) is 0 Å². The molecule has 94 heavy (non-hydrogen) atoms. The van der Waals surface area contributed by atoms with Gasteiger partial charge in [0.1, 0.15) is 0 Å². The maximum absolute atomic E-state index is 5.26. The van der Waals surface area contributed by atoms with E-state index in [0.717, 1.165) is 110 Å². The van der Waals surface area contributed by atoms with Gasteiger partial charge in [0.15, 0.2) is 23.3 Å². The SMILES string of the molecule is c1ccc(-c2ccc(-c3nc(-c4ccccc4)nc(-n4c5ccccc5c5ccc6c(c7ccccc7n6-c6ccccc6)c54)n3)cc2)cc1.c1ccc(-c2nc(-c3ccccc3)nc(-n3c4ccccc4c4ccc5c(c6ccccc6n5-c5ccccc5)c43)n2)cc1. The second-order valence-corrected chi connectivity index (χ2v) is 23.4. The van der Waals surface area contributed by atoms with Crippen molar-refractivity contribution in [2.75, 3.05) is 0 Å². The third-order valence-electron chi connectivity index (χ3n) is 18.0. The lowest BCUT2D eigenvalue weighted by Gasteiger charge is -2.12. The highest BCUT2D eigenvalue weighted by atomic mass is 15.2. The number of hydrogen-bond donors (Lipinski definition) is 0. The third-order valence-corrected chi connectivity index (χ3v) is 18.0. The van der Waals surface area contributed by atoms with E-state index in [2.05, 4.69) is 261 Å². The van der Waals surface area contributed by atoms with Crippen LogP contribution in [0.4, 0.5) is 0 Å². The molecule has 0 aliphatic rings. The van der Waals surface area contributed by atoms with Gasteiger partial charge >= 0.3 is 0 Å². The molecular weight excluding hydrogens is 1150 g/mol. The lowest BCUT2D eigenvalue weighted by Crippen LogP contribution is -2.06. The summed E-state index contributed by atoms with van der Waals surface area (Å²) in [6, 6.07) is 114. The van der Waals surface area contributed by atoms with Crippen molar-refractivity contribution in [3.05, 3.63) is 328 Å². The third kappa shape index (κ3) is 9.03. The van der Waals surface area contributed by atoms with E-state index in [4.69, 9.17) is 29.9 Å². The van der Waals surface area contributed by atoms with Gasteiger partial charge in [0.05, 0.1) is 44.1 Å². The minimum atomic E-state index is 0.580. The fourth-order valence-electron chi connectivity index (χ4n) is 13.8. The molecule has 6 heterocycles. The van der Waals surface area contributed by atoms with Gasteiger partial charge in [0, 0.05) is 76.7 Å². The number of aromatic nitrogens is 10. The zero-order valence-corrected chi connectivity index (χ0v) is 50.6. The molecule has 0 saturated carbocycles. The molecule has 0 aliphatic heterocycles. The van der Waals surface area contributed by atoms with Crippen molar-refractivity contribution in [3.8, 4) is 79.9 Å². The lowest BCUT2D eigenvalue weighted by molar-refractivity contribution is 0.955. The van der Waals surface area contributed by atoms with Crippen molar-refractivity contribution in [1.82, 2.24) is 48.2 Å². The Bertz CT molecular complexity index is 6000. The van der Waals surface area contributed by atoms with Crippen LogP contribution in [0.2, 0.25) is 0 Å². The van der Waals surface area contributed by atoms with Gasteiger partial charge in [0.25, 0.3) is 0 Å². The fourth-order valence-corrected chi connectivity index (χ4v) is 13.8. The average Bonchev–Trinajstić information content (AvgIpc) is 1.55. The van der Waals surface area contributed by atoms with E-state index in [1.165, 1.54) is 21.7 Å². The van der Waals surface area contributed by atoms with Gasteiger partial charge in [-0.3, -0.25) is 9.13 Å². The molecule has 19 rings (SSSR count). The van der Waals surface area contributed by atoms with Crippen LogP contribution in [0.5, 0.6) is 0 Å². The Kier molecular flexibility index (Phi) is 13.0. The molecule has 0 N–H and O–H groups in total. The minimum absolute atomic E-state index is 0.580. The molecule has 6 aromatic heterocycles. The van der Waals surface area contributed by atoms with Crippen LogP contribution in [0.25, 0.3) is 167 Å². The Morgan fingerprint density at radius 2 is 0.436 bits per heavy atom. The summed E-state index contributed by atoms with van der Waals surface area (Å²) < 4.78 is 9.18. The van der Waals surface area contributed by atoms with Gasteiger partial charge in [-0.25, -0.2) is 9.97 Å². The van der Waals surface area contributed by atoms with Crippen LogP contribution in [0, 0.1) is 0 Å². The van der Waals surface area contributed by atoms with Crippen LogP contribution in [-0.2, 0) is 0 Å². The Morgan fingerprint density at radius 1 is 0.170 bits per heavy atom. The highest BCUT2D eigenvalue weighted by Crippen LogP contribution is 2.44. The maximum atomic E-state index is 5.26. The topological polar surface area (TPSA) is 97.1 Å². The molecule has 0 unspecified atom stereocenters. The molecule has 0 spiro atoms. The Labute approximate surface area is 539 Å². The van der Waals surface area contributed by atoms with Gasteiger partial charge in [-0.15, -0.1) is 0 Å². The van der Waals surface area contributed by atoms with Crippen LogP contribution < -0.4 is 0 Å². The predicted molar refractivity (Wildman–Crippen MR) is 384 cm³/mol. The lowest BCUT2D eigenvalue weighted by atomic mass is 10.0. The molecule has 13 aromatic carbocycles. The Hall–Kier alpha value is -12.9. The normalized spacial score (nSPS) is 11.6. The first-order valence-corrected chi connectivity index (χ1v) is 31.5. The van der Waals surface area contributed by atoms with Crippen LogP contribution in [-0.4, -0.2) is 48.2 Å². The summed E-state index contributed by atoms with van der Waals surface area (Å²) in [6.45, 7) is 0. The molecule has 0 radical (unpaired) electrons. The molecule has 10 heteroatoms. The average molecular weight is 1200 g/mol. The fraction of sp³-hybridized carbons (Fsp3) is 0. The van der Waals surface area contributed by atoms with Crippen LogP contribution >= 0.6 is 0 Å². The van der Waals surface area contributed by atoms with E-state index in [1.54, 1.807) is 0 Å². The van der Waals surface area contributed by atoms with E-state index in [1.807, 2.05) is 84.9 Å². The summed E-state index contributed by atoms with van der Waals surface area (Å²) in [5.41, 5.74) is 17.1. The number of hydrogen-bond acceptors (Lipinski definition) is 6. The van der Waals surface area contributed by atoms with Crippen LogP contribution in [0.15, 0.2) is 328 Å². The number of para-hydroxylation sites is 6. The number of benzene rings is 13. The predicted octanol–water partition coefficient (Wildman–Crippen LogP) is 20.5. The quantitative estimate of drug-likeness (QED) is 0.143. The van der Waals surface area contributed by atoms with Crippen molar-refractivity contribution in [2.24, 2.45) is 0 Å². The van der Waals surface area contributed by atoms with Gasteiger partial charge in [-0.2, -0.15) is 19.9 Å². The first-order valence-electron chi connectivity index (χ1n) is 31.5. The second kappa shape index (κ2) is 22.5. The molecule has 440 valence electrons. The molecular formula is C84H54N10. The molecule has 0 saturated heterocycles. The number of nitrogens with zero attached hydrogens (tertiary/aromatic N) is 10. The summed E-state index contributed by atoms with van der Waals surface area (Å²) in [4.78, 5) is 30.8. The number of fused-ring (bicyclic) bond motifs is 14. The van der Waals surface area contributed by atoms with Crippen LogP contribution in [0.3, 0.4) is 0 Å². The standard InChI is InChI=1S/C45H29N5.C39H25N5/c1-4-14-30(15-5-1)31-24-26-33(27-25-31)44-46-43(32-16-6-2-7-17-32)47-45(48-44)50-38-22-12-10-20-35(38)36-28-29-40-41(42(36)50)37-21-11-13-23-39(37)49(40)34-18-8-3-9-19-34;1-4-14-26(15-5-1)37-40-38(27-16-6-2-7-17-27)42-39(41-37)44-32-22-12-10-20-29(32)30-24-25-34-35(36(30)44)31-21-11-13-23-33(31)43(34)28-18-8-3-9-19-28/h1-29H;1-25H. The second-order valence-electron chi connectivity index (χ2n) is 23.4. The monoisotopic (exact) mass is 1200 g/mol. The molecule has 0 amide bonds. The van der Waals surface area contributed by atoms with Gasteiger partial charge in [0.2, 0.25) is 11.9 Å². The Morgan fingerprint density at radius 3 is 0.798 bits per heavy atom. The summed E-state index contributed by atoms with van der Waals surface area (Å²) in [7, 11) is 0. The molecule has 0 bridgehead atoms. The minimum Gasteiger partial charge on any atom is -0.309 e. The number of rotatable bonds is 9. The summed E-state index contributed by atoms with van der Waals surface area (Å²) in [5, 5.41) is 9.30. The first kappa shape index (κ1) is 54.1. The maximum Gasteiger partial charge on any atom is 0.238 e. The summed E-state index contributed by atoms with van der Waals surface area (Å²) >= 11 is 0. The van der Waals surface area contributed by atoms with Gasteiger partial charge in [-0.1, -0.05) is 267 Å². The summed E-state index contributed by atoms with van der Waals surface area (Å²) in [5.74, 6) is 3.70. The largest absolute Gasteiger partial charge is 0.309 e. The van der Waals surface area contributed by atoms with Crippen molar-refractivity contribution >= 4 is 87.2 Å². The van der Waals surface area contributed by atoms with E-state index < -0.39 is 0 Å². The molecule has 19 aromatic rings. The highest BCUT2D eigenvalue weighted by molar-refractivity contribution is 6.27. The molecule has 0 aliphatic carbocycles. The Balaban J connectivity index is 0.000000139. The van der Waals surface area contributed by atoms with E-state index in [0.29, 0.717) is 35.2 Å². The molecule has 0 fully saturated rings. The van der Waals surface area contributed by atoms with Crippen molar-refractivity contribution in [1.29, 1.82) is 0 Å². The molecule has 10 nitrogen and oxygen atoms in total. The van der Waals surface area contributed by atoms with Crippen molar-refractivity contribution < 1.29 is 0 Å². The first-order chi connectivity index (χ1) is 46.7. The van der Waals surface area contributed by atoms with Gasteiger partial charge in [-0.05, 0) is 71.8 Å². The smallest absolute Gasteiger partial charge is 0.238 e. The molecule has 0 atom stereocenters. The van der Waals surface area contributed by atoms with Crippen LogP contribution in [0.1, 0.15) is 0 Å². The van der Waals surface area contributed by atoms with Gasteiger partial charge < -0.3 is 9.13 Å². The van der Waals surface area contributed by atoms with E-state index in [9.17, 15) is 0 Å². The zero-order chi connectivity index (χ0) is 62.1. The van der Waals surface area contributed by atoms with E-state index >= 15 is 0 Å². The van der Waals surface area contributed by atoms with E-state index in [-0.39, 0.29) is 0 Å². The van der Waals surface area contributed by atoms with Crippen molar-refractivity contribution in [3.63, 3.8) is 0 Å².